The first-order chi connectivity index (χ1) is 9.26. The highest BCUT2D eigenvalue weighted by Crippen LogP contribution is 2.38. The summed E-state index contributed by atoms with van der Waals surface area (Å²) < 4.78 is 15.5. The average Bonchev–Trinajstić information content (AvgIpc) is 3.03. The zero-order chi connectivity index (χ0) is 13.2. The zero-order valence-electron chi connectivity index (χ0n) is 10.3. The first-order valence-corrected chi connectivity index (χ1v) is 6.20. The van der Waals surface area contributed by atoms with Crippen molar-refractivity contribution >= 4 is 11.8 Å². The van der Waals surface area contributed by atoms with Crippen molar-refractivity contribution in [3.8, 4) is 11.5 Å². The lowest BCUT2D eigenvalue weighted by Crippen LogP contribution is -2.15. The van der Waals surface area contributed by atoms with E-state index < -0.39 is 6.09 Å². The van der Waals surface area contributed by atoms with Gasteiger partial charge >= 0.3 is 6.09 Å². The van der Waals surface area contributed by atoms with Crippen LogP contribution in [0.25, 0.3) is 0 Å². The Morgan fingerprint density at radius 3 is 3.00 bits per heavy atom. The topological polar surface area (TPSA) is 77.0 Å². The second-order valence-corrected chi connectivity index (χ2v) is 4.73. The van der Waals surface area contributed by atoms with Crippen LogP contribution in [-0.4, -0.2) is 31.2 Å². The summed E-state index contributed by atoms with van der Waals surface area (Å²) in [5.41, 5.74) is 0.601. The second-order valence-electron chi connectivity index (χ2n) is 4.73. The minimum atomic E-state index is -0.498. The molecule has 0 spiro atoms. The Bertz CT molecular complexity index is 490. The lowest BCUT2D eigenvalue weighted by molar-refractivity contribution is 0.151. The summed E-state index contributed by atoms with van der Waals surface area (Å²) in [5.74, 6) is 1.87. The molecule has 1 unspecified atom stereocenters. The molecule has 1 heterocycles. The van der Waals surface area contributed by atoms with E-state index in [0.717, 1.165) is 6.42 Å². The number of aliphatic hydroxyl groups is 1. The smallest absolute Gasteiger partial charge is 0.411 e. The van der Waals surface area contributed by atoms with E-state index in [1.54, 1.807) is 18.2 Å². The Labute approximate surface area is 110 Å². The fraction of sp³-hybridized carbons (Fsp3) is 0.462. The fourth-order valence-electron chi connectivity index (χ4n) is 2.05. The Hall–Kier alpha value is -1.95. The molecule has 0 bridgehead atoms. The molecule has 2 N–H and O–H groups in total. The Morgan fingerprint density at radius 2 is 2.21 bits per heavy atom. The third kappa shape index (κ3) is 2.73. The van der Waals surface area contributed by atoms with E-state index in [1.807, 2.05) is 0 Å². The van der Waals surface area contributed by atoms with Crippen LogP contribution in [-0.2, 0) is 4.74 Å². The SMILES string of the molecule is O=C(Nc1ccc2c(c1)OCO2)OCC1C[C@H]1CO. The number of hydrogen-bond acceptors (Lipinski definition) is 5. The molecule has 1 aliphatic heterocycles. The number of nitrogens with one attached hydrogen (secondary N) is 1. The lowest BCUT2D eigenvalue weighted by atomic mass is 10.3. The highest BCUT2D eigenvalue weighted by Gasteiger charge is 2.37. The number of hydrogen-bond donors (Lipinski definition) is 2. The fourth-order valence-corrected chi connectivity index (χ4v) is 2.05. The molecule has 2 atom stereocenters. The molecule has 1 aromatic rings. The zero-order valence-corrected chi connectivity index (χ0v) is 10.3. The predicted octanol–water partition coefficient (Wildman–Crippen LogP) is 1.59. The number of carbonyl (C=O) groups excluding carboxylic acids is 1. The maximum absolute atomic E-state index is 11.6. The van der Waals surface area contributed by atoms with Gasteiger partial charge in [0.15, 0.2) is 11.5 Å². The van der Waals surface area contributed by atoms with Crippen molar-refractivity contribution in [2.45, 2.75) is 6.42 Å². The number of anilines is 1. The van der Waals surface area contributed by atoms with Crippen molar-refractivity contribution in [1.29, 1.82) is 0 Å². The molecule has 1 aliphatic carbocycles. The third-order valence-electron chi connectivity index (χ3n) is 3.35. The van der Waals surface area contributed by atoms with Gasteiger partial charge in [-0.15, -0.1) is 0 Å². The molecule has 1 saturated carbocycles. The van der Waals surface area contributed by atoms with Crippen molar-refractivity contribution in [2.75, 3.05) is 25.3 Å². The van der Waals surface area contributed by atoms with Crippen LogP contribution in [0.5, 0.6) is 11.5 Å². The molecule has 3 rings (SSSR count). The average molecular weight is 265 g/mol. The van der Waals surface area contributed by atoms with Crippen molar-refractivity contribution in [3.05, 3.63) is 18.2 Å². The van der Waals surface area contributed by atoms with Gasteiger partial charge in [-0.1, -0.05) is 0 Å². The Kier molecular flexibility index (Phi) is 3.16. The van der Waals surface area contributed by atoms with Gasteiger partial charge in [0, 0.05) is 18.4 Å². The van der Waals surface area contributed by atoms with Crippen LogP contribution in [0, 0.1) is 11.8 Å². The number of benzene rings is 1. The molecule has 1 aromatic carbocycles. The molecule has 1 fully saturated rings. The van der Waals surface area contributed by atoms with Crippen LogP contribution in [0.1, 0.15) is 6.42 Å². The minimum Gasteiger partial charge on any atom is -0.454 e. The maximum Gasteiger partial charge on any atom is 0.411 e. The number of ether oxygens (including phenoxy) is 3. The first-order valence-electron chi connectivity index (χ1n) is 6.20. The highest BCUT2D eigenvalue weighted by molar-refractivity contribution is 5.85. The third-order valence-corrected chi connectivity index (χ3v) is 3.35. The molecule has 0 radical (unpaired) electrons. The standard InChI is InChI=1S/C13H15NO5/c15-5-8-3-9(8)6-17-13(16)14-10-1-2-11-12(4-10)19-7-18-11/h1-2,4,8-9,15H,3,5-7H2,(H,14,16)/t8-,9?/m0/s1. The van der Waals surface area contributed by atoms with Crippen LogP contribution in [0.4, 0.5) is 10.5 Å². The number of fused-ring (bicyclic) bond motifs is 1. The number of amides is 1. The molecular formula is C13H15NO5. The summed E-state index contributed by atoms with van der Waals surface area (Å²) in [5, 5.41) is 11.5. The molecule has 102 valence electrons. The molecule has 0 saturated heterocycles. The van der Waals surface area contributed by atoms with Gasteiger partial charge in [0.25, 0.3) is 0 Å². The molecule has 6 nitrogen and oxygen atoms in total. The summed E-state index contributed by atoms with van der Waals surface area (Å²) in [6.45, 7) is 0.715. The second kappa shape index (κ2) is 4.97. The van der Waals surface area contributed by atoms with E-state index in [4.69, 9.17) is 19.3 Å². The van der Waals surface area contributed by atoms with Crippen LogP contribution >= 0.6 is 0 Å². The van der Waals surface area contributed by atoms with Crippen LogP contribution in [0.2, 0.25) is 0 Å². The van der Waals surface area contributed by atoms with Crippen molar-refractivity contribution in [3.63, 3.8) is 0 Å². The van der Waals surface area contributed by atoms with Crippen molar-refractivity contribution < 1.29 is 24.1 Å². The van der Waals surface area contributed by atoms with E-state index in [1.165, 1.54) is 0 Å². The quantitative estimate of drug-likeness (QED) is 0.864. The van der Waals surface area contributed by atoms with Crippen LogP contribution < -0.4 is 14.8 Å². The molecule has 2 aliphatic rings. The van der Waals surface area contributed by atoms with E-state index in [9.17, 15) is 4.79 Å². The van der Waals surface area contributed by atoms with Crippen molar-refractivity contribution in [1.82, 2.24) is 0 Å². The monoisotopic (exact) mass is 265 g/mol. The molecule has 6 heteroatoms. The van der Waals surface area contributed by atoms with E-state index in [-0.39, 0.29) is 13.4 Å². The van der Waals surface area contributed by atoms with Gasteiger partial charge in [-0.05, 0) is 30.4 Å². The summed E-state index contributed by atoms with van der Waals surface area (Å²) >= 11 is 0. The normalized spacial score (nSPS) is 23.0. The van der Waals surface area contributed by atoms with Crippen LogP contribution in [0.15, 0.2) is 18.2 Å². The Morgan fingerprint density at radius 1 is 1.37 bits per heavy atom. The summed E-state index contributed by atoms with van der Waals surface area (Å²) in [6, 6.07) is 5.15. The van der Waals surface area contributed by atoms with Gasteiger partial charge in [0.2, 0.25) is 6.79 Å². The minimum absolute atomic E-state index is 0.164. The molecule has 1 amide bonds. The molecule has 19 heavy (non-hydrogen) atoms. The van der Waals surface area contributed by atoms with E-state index in [0.29, 0.717) is 35.6 Å². The molecular weight excluding hydrogens is 250 g/mol. The van der Waals surface area contributed by atoms with Crippen molar-refractivity contribution in [2.24, 2.45) is 11.8 Å². The summed E-state index contributed by atoms with van der Waals surface area (Å²) in [6.07, 6.45) is 0.427. The number of carbonyl (C=O) groups is 1. The predicted molar refractivity (Wildman–Crippen MR) is 66.2 cm³/mol. The van der Waals surface area contributed by atoms with Gasteiger partial charge in [0.05, 0.1) is 6.61 Å². The first kappa shape index (κ1) is 12.1. The van der Waals surface area contributed by atoms with Gasteiger partial charge in [-0.25, -0.2) is 4.79 Å². The van der Waals surface area contributed by atoms with Gasteiger partial charge < -0.3 is 19.3 Å². The van der Waals surface area contributed by atoms with Gasteiger partial charge in [0.1, 0.15) is 0 Å². The highest BCUT2D eigenvalue weighted by atomic mass is 16.7. The van der Waals surface area contributed by atoms with Gasteiger partial charge in [-0.2, -0.15) is 0 Å². The van der Waals surface area contributed by atoms with Crippen LogP contribution in [0.3, 0.4) is 0 Å². The Balaban J connectivity index is 1.49. The summed E-state index contributed by atoms with van der Waals surface area (Å²) in [7, 11) is 0. The van der Waals surface area contributed by atoms with E-state index in [2.05, 4.69) is 5.32 Å². The number of rotatable bonds is 4. The van der Waals surface area contributed by atoms with E-state index >= 15 is 0 Å². The molecule has 0 aromatic heterocycles. The number of aliphatic hydroxyl groups excluding tert-OH is 1. The maximum atomic E-state index is 11.6. The summed E-state index contributed by atoms with van der Waals surface area (Å²) in [4.78, 5) is 11.6. The largest absolute Gasteiger partial charge is 0.454 e. The lowest BCUT2D eigenvalue weighted by Gasteiger charge is -2.07. The van der Waals surface area contributed by atoms with Gasteiger partial charge in [-0.3, -0.25) is 5.32 Å².